The van der Waals surface area contributed by atoms with E-state index in [2.05, 4.69) is 19.1 Å². The van der Waals surface area contributed by atoms with E-state index in [0.717, 1.165) is 39.0 Å². The highest BCUT2D eigenvalue weighted by Gasteiger charge is 2.32. The summed E-state index contributed by atoms with van der Waals surface area (Å²) < 4.78 is 13.5. The zero-order chi connectivity index (χ0) is 20.7. The number of aromatic nitrogens is 1. The van der Waals surface area contributed by atoms with Crippen LogP contribution in [0.3, 0.4) is 0 Å². The summed E-state index contributed by atoms with van der Waals surface area (Å²) in [6.45, 7) is 2.10. The zero-order valence-corrected chi connectivity index (χ0v) is 18.4. The van der Waals surface area contributed by atoms with Gasteiger partial charge in [-0.2, -0.15) is 5.10 Å². The van der Waals surface area contributed by atoms with Crippen LogP contribution >= 0.6 is 34.3 Å². The molecule has 30 heavy (non-hydrogen) atoms. The van der Waals surface area contributed by atoms with Crippen molar-refractivity contribution < 1.29 is 4.39 Å². The second-order valence-electron chi connectivity index (χ2n) is 7.10. The molecule has 2 aromatic heterocycles. The van der Waals surface area contributed by atoms with Gasteiger partial charge in [0.1, 0.15) is 5.82 Å². The summed E-state index contributed by atoms with van der Waals surface area (Å²) in [6.07, 6.45) is 0.751. The van der Waals surface area contributed by atoms with Crippen LogP contribution in [-0.2, 0) is 0 Å². The first-order chi connectivity index (χ1) is 14.6. The molecule has 3 nitrogen and oxygen atoms in total. The zero-order valence-electron chi connectivity index (χ0n) is 16.0. The van der Waals surface area contributed by atoms with Crippen molar-refractivity contribution in [2.45, 2.75) is 19.4 Å². The molecular weight excluding hydrogens is 437 g/mol. The number of nitrogens with zero attached hydrogens (tertiary/aromatic N) is 3. The van der Waals surface area contributed by atoms with Crippen molar-refractivity contribution in [2.24, 2.45) is 5.10 Å². The molecule has 0 fully saturated rings. The minimum Gasteiger partial charge on any atom is -0.231 e. The van der Waals surface area contributed by atoms with Gasteiger partial charge in [0.25, 0.3) is 0 Å². The lowest BCUT2D eigenvalue weighted by molar-refractivity contribution is 0.624. The quantitative estimate of drug-likeness (QED) is 0.323. The fraction of sp³-hybridized carbons (Fsp3) is 0.130. The van der Waals surface area contributed by atoms with Gasteiger partial charge in [0.2, 0.25) is 5.13 Å². The lowest BCUT2D eigenvalue weighted by Gasteiger charge is -2.21. The van der Waals surface area contributed by atoms with Gasteiger partial charge < -0.3 is 0 Å². The number of anilines is 1. The van der Waals surface area contributed by atoms with E-state index in [9.17, 15) is 4.39 Å². The summed E-state index contributed by atoms with van der Waals surface area (Å²) in [7, 11) is 0. The smallest absolute Gasteiger partial charge is 0.207 e. The Morgan fingerprint density at radius 1 is 1.03 bits per heavy atom. The first kappa shape index (κ1) is 19.4. The summed E-state index contributed by atoms with van der Waals surface area (Å²) in [5.41, 5.74) is 3.95. The Balaban J connectivity index is 1.52. The second kappa shape index (κ2) is 7.95. The standard InChI is InChI=1S/C23H17ClFN3S2/c1-14-2-11-22(30-14)19-12-21(16-5-9-18(25)10-6-16)28(27-19)23-26-20(13-29-23)15-3-7-17(24)8-4-15/h2-11,13,21H,12H2,1H3. The number of halogens is 2. The van der Waals surface area contributed by atoms with Gasteiger partial charge in [0, 0.05) is 27.3 Å². The van der Waals surface area contributed by atoms with Crippen LogP contribution in [0.2, 0.25) is 5.02 Å². The number of hydrogen-bond acceptors (Lipinski definition) is 5. The predicted molar refractivity (Wildman–Crippen MR) is 124 cm³/mol. The topological polar surface area (TPSA) is 28.5 Å². The van der Waals surface area contributed by atoms with E-state index < -0.39 is 0 Å². The Hall–Kier alpha value is -2.54. The Morgan fingerprint density at radius 2 is 1.80 bits per heavy atom. The normalized spacial score (nSPS) is 16.2. The van der Waals surface area contributed by atoms with Crippen molar-refractivity contribution in [3.63, 3.8) is 0 Å². The van der Waals surface area contributed by atoms with Crippen LogP contribution in [0.1, 0.15) is 27.8 Å². The fourth-order valence-corrected chi connectivity index (χ4v) is 5.31. The highest BCUT2D eigenvalue weighted by molar-refractivity contribution is 7.14. The molecule has 5 rings (SSSR count). The summed E-state index contributed by atoms with van der Waals surface area (Å²) in [6, 6.07) is 18.5. The minimum atomic E-state index is -0.238. The molecule has 1 aliphatic heterocycles. The maximum atomic E-state index is 13.5. The Kier molecular flexibility index (Phi) is 5.15. The first-order valence-corrected chi connectivity index (χ1v) is 11.5. The van der Waals surface area contributed by atoms with Crippen LogP contribution < -0.4 is 5.01 Å². The maximum absolute atomic E-state index is 13.5. The van der Waals surface area contributed by atoms with Crippen molar-refractivity contribution in [3.8, 4) is 11.3 Å². The molecule has 0 N–H and O–H groups in total. The molecule has 0 saturated carbocycles. The van der Waals surface area contributed by atoms with Gasteiger partial charge in [-0.05, 0) is 48.9 Å². The highest BCUT2D eigenvalue weighted by atomic mass is 35.5. The van der Waals surface area contributed by atoms with E-state index in [-0.39, 0.29) is 11.9 Å². The molecule has 0 saturated heterocycles. The van der Waals surface area contributed by atoms with Crippen molar-refractivity contribution in [1.29, 1.82) is 0 Å². The van der Waals surface area contributed by atoms with Crippen molar-refractivity contribution in [3.05, 3.63) is 92.2 Å². The van der Waals surface area contributed by atoms with Crippen molar-refractivity contribution >= 4 is 45.1 Å². The lowest BCUT2D eigenvalue weighted by Crippen LogP contribution is -2.18. The fourth-order valence-electron chi connectivity index (χ4n) is 3.49. The first-order valence-electron chi connectivity index (χ1n) is 9.47. The molecule has 0 spiro atoms. The van der Waals surface area contributed by atoms with Crippen LogP contribution in [-0.4, -0.2) is 10.7 Å². The Morgan fingerprint density at radius 3 is 2.50 bits per heavy atom. The molecule has 0 aliphatic carbocycles. The average Bonchev–Trinajstić information content (AvgIpc) is 3.48. The third kappa shape index (κ3) is 3.78. The van der Waals surface area contributed by atoms with Gasteiger partial charge in [-0.25, -0.2) is 14.4 Å². The third-order valence-corrected chi connectivity index (χ3v) is 7.15. The molecule has 1 unspecified atom stereocenters. The van der Waals surface area contributed by atoms with Gasteiger partial charge in [0.15, 0.2) is 0 Å². The molecule has 1 atom stereocenters. The Labute approximate surface area is 187 Å². The SMILES string of the molecule is Cc1ccc(C2=NN(c3nc(-c4ccc(Cl)cc4)cs3)C(c3ccc(F)cc3)C2)s1. The van der Waals surface area contributed by atoms with Crippen molar-refractivity contribution in [1.82, 2.24) is 4.98 Å². The Bertz CT molecular complexity index is 1210. The number of rotatable bonds is 4. The molecule has 150 valence electrons. The van der Waals surface area contributed by atoms with E-state index in [4.69, 9.17) is 21.7 Å². The predicted octanol–water partition coefficient (Wildman–Crippen LogP) is 7.33. The molecule has 0 bridgehead atoms. The van der Waals surface area contributed by atoms with E-state index in [1.54, 1.807) is 22.7 Å². The number of benzene rings is 2. The summed E-state index contributed by atoms with van der Waals surface area (Å²) >= 11 is 9.30. The number of thiophene rings is 1. The average molecular weight is 454 g/mol. The number of thiazole rings is 1. The van der Waals surface area contributed by atoms with Crippen LogP contribution in [0.15, 0.2) is 71.1 Å². The number of hydrogen-bond donors (Lipinski definition) is 0. The van der Waals surface area contributed by atoms with Gasteiger partial charge >= 0.3 is 0 Å². The molecule has 1 aliphatic rings. The van der Waals surface area contributed by atoms with E-state index in [1.165, 1.54) is 17.0 Å². The van der Waals surface area contributed by atoms with E-state index in [0.29, 0.717) is 5.02 Å². The minimum absolute atomic E-state index is 0.0211. The largest absolute Gasteiger partial charge is 0.231 e. The van der Waals surface area contributed by atoms with Crippen LogP contribution in [0.25, 0.3) is 11.3 Å². The van der Waals surface area contributed by atoms with Crippen LogP contribution in [0, 0.1) is 12.7 Å². The molecule has 2 aromatic carbocycles. The molecule has 4 aromatic rings. The number of hydrazone groups is 1. The molecule has 0 radical (unpaired) electrons. The molecule has 3 heterocycles. The van der Waals surface area contributed by atoms with Crippen LogP contribution in [0.4, 0.5) is 9.52 Å². The number of aryl methyl sites for hydroxylation is 1. The molecular formula is C23H17ClFN3S2. The summed E-state index contributed by atoms with van der Waals surface area (Å²) in [5.74, 6) is -0.238. The van der Waals surface area contributed by atoms with E-state index >= 15 is 0 Å². The highest BCUT2D eigenvalue weighted by Crippen LogP contribution is 2.40. The molecule has 0 amide bonds. The third-order valence-electron chi connectivity index (χ3n) is 5.02. The van der Waals surface area contributed by atoms with E-state index in [1.807, 2.05) is 46.8 Å². The second-order valence-corrected chi connectivity index (χ2v) is 9.66. The molecule has 7 heteroatoms. The monoisotopic (exact) mass is 453 g/mol. The summed E-state index contributed by atoms with van der Waals surface area (Å²) in [5, 5.41) is 10.5. The van der Waals surface area contributed by atoms with Gasteiger partial charge in [-0.3, -0.25) is 0 Å². The van der Waals surface area contributed by atoms with Crippen molar-refractivity contribution in [2.75, 3.05) is 5.01 Å². The van der Waals surface area contributed by atoms with Gasteiger partial charge in [-0.1, -0.05) is 35.9 Å². The van der Waals surface area contributed by atoms with Gasteiger partial charge in [-0.15, -0.1) is 22.7 Å². The lowest BCUT2D eigenvalue weighted by atomic mass is 10.0. The summed E-state index contributed by atoms with van der Waals surface area (Å²) in [4.78, 5) is 7.26. The van der Waals surface area contributed by atoms with Gasteiger partial charge in [0.05, 0.1) is 22.3 Å². The maximum Gasteiger partial charge on any atom is 0.207 e. The van der Waals surface area contributed by atoms with Crippen LogP contribution in [0.5, 0.6) is 0 Å².